The van der Waals surface area contributed by atoms with Crippen molar-refractivity contribution < 1.29 is 8.85 Å². The van der Waals surface area contributed by atoms with E-state index >= 15 is 0 Å². The van der Waals surface area contributed by atoms with Crippen LogP contribution in [0.25, 0.3) is 45.6 Å². The number of nitrogens with zero attached hydrogens (tertiary/aromatic N) is 6. The van der Waals surface area contributed by atoms with Gasteiger partial charge in [0.25, 0.3) is 0 Å². The van der Waals surface area contributed by atoms with Crippen LogP contribution in [0.1, 0.15) is 52.7 Å². The first-order chi connectivity index (χ1) is 22.5. The Morgan fingerprint density at radius 2 is 0.854 bits per heavy atom. The monoisotopic (exact) mass is 676 g/mol. The molecule has 10 heteroatoms. The van der Waals surface area contributed by atoms with E-state index in [0.717, 1.165) is 45.3 Å². The van der Waals surface area contributed by atoms with E-state index < -0.39 is 16.6 Å². The van der Waals surface area contributed by atoms with Crippen molar-refractivity contribution in [3.63, 3.8) is 0 Å². The van der Waals surface area contributed by atoms with Gasteiger partial charge >= 0.3 is 0 Å². The molecule has 0 aliphatic heterocycles. The second-order valence-electron chi connectivity index (χ2n) is 15.3. The average Bonchev–Trinajstić information content (AvgIpc) is 3.06. The minimum Gasteiger partial charge on any atom is -0.413 e. The Bertz CT molecular complexity index is 1720. The van der Waals surface area contributed by atoms with Crippen molar-refractivity contribution in [2.45, 2.75) is 91.0 Å². The molecule has 250 valence electrons. The quantitative estimate of drug-likeness (QED) is 0.135. The van der Waals surface area contributed by atoms with Crippen LogP contribution < -0.4 is 0 Å². The van der Waals surface area contributed by atoms with E-state index in [9.17, 15) is 0 Å². The summed E-state index contributed by atoms with van der Waals surface area (Å²) in [6, 6.07) is 21.8. The molecule has 0 unspecified atom stereocenters. The van der Waals surface area contributed by atoms with Crippen LogP contribution in [0, 0.1) is 0 Å². The summed E-state index contributed by atoms with van der Waals surface area (Å²) in [6.45, 7) is 23.7. The molecule has 5 aromatic heterocycles. The van der Waals surface area contributed by atoms with Crippen molar-refractivity contribution in [1.29, 1.82) is 0 Å². The Labute approximate surface area is 287 Å². The van der Waals surface area contributed by atoms with Crippen molar-refractivity contribution in [3.05, 3.63) is 96.6 Å². The normalized spacial score (nSPS) is 12.7. The molecule has 5 heterocycles. The number of rotatable bonds is 10. The molecular weight excluding hydrogens is 629 g/mol. The Kier molecular flexibility index (Phi) is 10.2. The van der Waals surface area contributed by atoms with Crippen molar-refractivity contribution in [2.24, 2.45) is 0 Å². The lowest BCUT2D eigenvalue weighted by atomic mass is 10.1. The second-order valence-corrected chi connectivity index (χ2v) is 24.9. The number of hydrogen-bond donors (Lipinski definition) is 0. The van der Waals surface area contributed by atoms with Gasteiger partial charge in [-0.25, -0.2) is 19.9 Å². The van der Waals surface area contributed by atoms with Gasteiger partial charge in [-0.15, -0.1) is 0 Å². The van der Waals surface area contributed by atoms with Gasteiger partial charge in [0.15, 0.2) is 16.6 Å². The Morgan fingerprint density at radius 1 is 0.479 bits per heavy atom. The highest BCUT2D eigenvalue weighted by Gasteiger charge is 2.37. The van der Waals surface area contributed by atoms with Crippen LogP contribution in [0.3, 0.4) is 0 Å². The summed E-state index contributed by atoms with van der Waals surface area (Å²) >= 11 is 0. The third-order valence-electron chi connectivity index (χ3n) is 9.68. The molecule has 0 radical (unpaired) electrons. The van der Waals surface area contributed by atoms with Crippen molar-refractivity contribution in [3.8, 4) is 45.6 Å². The fraction of sp³-hybridized carbons (Fsp3) is 0.368. The van der Waals surface area contributed by atoms with Gasteiger partial charge in [0.1, 0.15) is 6.33 Å². The van der Waals surface area contributed by atoms with E-state index in [0.29, 0.717) is 24.6 Å². The van der Waals surface area contributed by atoms with Gasteiger partial charge < -0.3 is 8.85 Å². The molecule has 0 aliphatic rings. The summed E-state index contributed by atoms with van der Waals surface area (Å²) in [7, 11) is -3.68. The minimum absolute atomic E-state index is 0.161. The maximum absolute atomic E-state index is 6.37. The third-order valence-corrected chi connectivity index (χ3v) is 18.6. The van der Waals surface area contributed by atoms with Crippen LogP contribution in [0.2, 0.25) is 36.3 Å². The number of aromatic nitrogens is 6. The summed E-state index contributed by atoms with van der Waals surface area (Å²) in [5, 5.41) is 0.323. The smallest absolute Gasteiger partial charge is 0.192 e. The van der Waals surface area contributed by atoms with Crippen LogP contribution in [0.15, 0.2) is 85.5 Å². The molecule has 5 aromatic rings. The van der Waals surface area contributed by atoms with Crippen LogP contribution >= 0.6 is 0 Å². The first-order valence-corrected chi connectivity index (χ1v) is 22.3. The molecule has 0 bridgehead atoms. The molecule has 0 amide bonds. The molecule has 0 N–H and O–H groups in total. The largest absolute Gasteiger partial charge is 0.413 e. The summed E-state index contributed by atoms with van der Waals surface area (Å²) in [6.07, 6.45) is 5.31. The molecule has 48 heavy (non-hydrogen) atoms. The van der Waals surface area contributed by atoms with Crippen molar-refractivity contribution in [2.75, 3.05) is 0 Å². The molecule has 0 spiro atoms. The zero-order valence-electron chi connectivity index (χ0n) is 30.0. The number of pyridine rings is 4. The zero-order chi connectivity index (χ0) is 34.7. The Hall–Kier alpha value is -3.97. The van der Waals surface area contributed by atoms with Gasteiger partial charge in [0.2, 0.25) is 0 Å². The highest BCUT2D eigenvalue weighted by Crippen LogP contribution is 2.38. The minimum atomic E-state index is -1.84. The van der Waals surface area contributed by atoms with E-state index in [-0.39, 0.29) is 10.1 Å². The molecular formula is C38H48N6O2Si2. The molecule has 0 aromatic carbocycles. The van der Waals surface area contributed by atoms with E-state index in [1.54, 1.807) is 6.33 Å². The van der Waals surface area contributed by atoms with Crippen LogP contribution in [0.5, 0.6) is 0 Å². The summed E-state index contributed by atoms with van der Waals surface area (Å²) in [5.41, 5.74) is 8.11. The maximum atomic E-state index is 6.37. The molecule has 8 nitrogen and oxygen atoms in total. The molecule has 5 rings (SSSR count). The maximum Gasteiger partial charge on any atom is 0.192 e. The first kappa shape index (κ1) is 35.3. The predicted molar refractivity (Wildman–Crippen MR) is 199 cm³/mol. The van der Waals surface area contributed by atoms with Gasteiger partial charge in [-0.3, -0.25) is 9.97 Å². The fourth-order valence-corrected chi connectivity index (χ4v) is 6.28. The molecule has 0 saturated heterocycles. The summed E-state index contributed by atoms with van der Waals surface area (Å²) in [4.78, 5) is 28.3. The summed E-state index contributed by atoms with van der Waals surface area (Å²) < 4.78 is 12.7. The first-order valence-electron chi connectivity index (χ1n) is 16.5. The van der Waals surface area contributed by atoms with E-state index in [2.05, 4.69) is 89.8 Å². The SMILES string of the molecule is CC(C)(C)[Si](C)(C)OCc1ccc(-c2cccc(-c3cc(-c4cccc(-c5ccc(CO[Si](C)(C)C(C)(C)C)cn5)n4)ncn3)n2)nc1. The zero-order valence-corrected chi connectivity index (χ0v) is 32.0. The van der Waals surface area contributed by atoms with E-state index in [1.807, 2.05) is 67.0 Å². The Morgan fingerprint density at radius 3 is 1.19 bits per heavy atom. The topological polar surface area (TPSA) is 95.8 Å². The lowest BCUT2D eigenvalue weighted by Gasteiger charge is -2.36. The van der Waals surface area contributed by atoms with E-state index in [1.165, 1.54) is 0 Å². The molecule has 0 saturated carbocycles. The molecule has 0 fully saturated rings. The van der Waals surface area contributed by atoms with E-state index in [4.69, 9.17) is 28.8 Å². The Balaban J connectivity index is 1.30. The third kappa shape index (κ3) is 8.36. The van der Waals surface area contributed by atoms with Crippen LogP contribution in [-0.4, -0.2) is 46.5 Å². The number of hydrogen-bond acceptors (Lipinski definition) is 8. The predicted octanol–water partition coefficient (Wildman–Crippen LogP) is 9.77. The highest BCUT2D eigenvalue weighted by molar-refractivity contribution is 6.74. The molecule has 0 atom stereocenters. The summed E-state index contributed by atoms with van der Waals surface area (Å²) in [5.74, 6) is 0. The highest BCUT2D eigenvalue weighted by atomic mass is 28.4. The van der Waals surface area contributed by atoms with Crippen molar-refractivity contribution in [1.82, 2.24) is 29.9 Å². The lowest BCUT2D eigenvalue weighted by Crippen LogP contribution is -2.40. The van der Waals surface area contributed by atoms with Crippen LogP contribution in [-0.2, 0) is 22.1 Å². The van der Waals surface area contributed by atoms with Gasteiger partial charge in [0.05, 0.1) is 58.8 Å². The second kappa shape index (κ2) is 13.9. The standard InChI is InChI=1S/C38H48N6O2Si2/c1-37(2,3)47(7,8)45-24-27-17-19-29(39-22-27)31-13-11-15-33(43-31)35-21-36(42-26-41-35)34-16-12-14-32(44-34)30-20-18-28(23-40-30)25-46-48(9,10)38(4,5)6/h11-23,26H,24-25H2,1-10H3. The van der Waals surface area contributed by atoms with Gasteiger partial charge in [0, 0.05) is 12.4 Å². The van der Waals surface area contributed by atoms with Gasteiger partial charge in [-0.05, 0) is 89.9 Å². The van der Waals surface area contributed by atoms with Crippen LogP contribution in [0.4, 0.5) is 0 Å². The van der Waals surface area contributed by atoms with Gasteiger partial charge in [-0.2, -0.15) is 0 Å². The lowest BCUT2D eigenvalue weighted by molar-refractivity contribution is 0.276. The van der Waals surface area contributed by atoms with Crippen molar-refractivity contribution >= 4 is 16.6 Å². The van der Waals surface area contributed by atoms with Gasteiger partial charge in [-0.1, -0.05) is 65.8 Å². The molecule has 0 aliphatic carbocycles. The fourth-order valence-electron chi connectivity index (χ4n) is 4.36. The average molecular weight is 677 g/mol.